The van der Waals surface area contributed by atoms with Crippen LogP contribution in [0.5, 0.6) is 0 Å². The Kier molecular flexibility index (Phi) is 6.85. The second-order valence-corrected chi connectivity index (χ2v) is 6.15. The van der Waals surface area contributed by atoms with Gasteiger partial charge in [0.25, 0.3) is 0 Å². The molecule has 0 saturated carbocycles. The minimum absolute atomic E-state index is 0.0663. The van der Waals surface area contributed by atoms with Crippen molar-refractivity contribution in [3.8, 4) is 0 Å². The van der Waals surface area contributed by atoms with E-state index in [4.69, 9.17) is 4.74 Å². The summed E-state index contributed by atoms with van der Waals surface area (Å²) < 4.78 is 18.8. The number of carbonyl (C=O) groups excluding carboxylic acids is 2. The van der Waals surface area contributed by atoms with E-state index in [9.17, 15) is 14.0 Å². The first-order valence-electron chi connectivity index (χ1n) is 7.63. The third-order valence-electron chi connectivity index (χ3n) is 3.52. The lowest BCUT2D eigenvalue weighted by Gasteiger charge is -2.23. The van der Waals surface area contributed by atoms with Gasteiger partial charge in [-0.05, 0) is 25.5 Å². The van der Waals surface area contributed by atoms with Gasteiger partial charge in [0.15, 0.2) is 0 Å². The van der Waals surface area contributed by atoms with E-state index in [-0.39, 0.29) is 17.5 Å². The van der Waals surface area contributed by atoms with Gasteiger partial charge in [0.05, 0.1) is 11.6 Å². The van der Waals surface area contributed by atoms with E-state index in [1.807, 2.05) is 6.92 Å². The number of thioether (sulfide) groups is 1. The molecule has 1 saturated heterocycles. The van der Waals surface area contributed by atoms with Crippen molar-refractivity contribution in [2.75, 3.05) is 30.2 Å². The maximum Gasteiger partial charge on any atom is 0.248 e. The van der Waals surface area contributed by atoms with Gasteiger partial charge >= 0.3 is 0 Å². The van der Waals surface area contributed by atoms with Crippen molar-refractivity contribution in [2.45, 2.75) is 25.8 Å². The Morgan fingerprint density at radius 2 is 2.22 bits per heavy atom. The molecule has 1 heterocycles. The molecular formula is C16H21FN2O3S. The number of amides is 2. The fourth-order valence-corrected chi connectivity index (χ4v) is 3.48. The van der Waals surface area contributed by atoms with Crippen molar-refractivity contribution in [1.29, 1.82) is 0 Å². The Hall–Kier alpha value is -1.60. The van der Waals surface area contributed by atoms with Gasteiger partial charge in [-0.2, -0.15) is 0 Å². The molecule has 1 aromatic rings. The van der Waals surface area contributed by atoms with E-state index in [0.29, 0.717) is 37.7 Å². The number of rotatable bonds is 7. The lowest BCUT2D eigenvalue weighted by atomic mass is 10.2. The molecule has 1 aliphatic heterocycles. The third kappa shape index (κ3) is 4.94. The molecule has 1 atom stereocenters. The summed E-state index contributed by atoms with van der Waals surface area (Å²) in [4.78, 5) is 26.2. The predicted octanol–water partition coefficient (Wildman–Crippen LogP) is 2.48. The number of ether oxygens (including phenoxy) is 1. The maximum absolute atomic E-state index is 13.6. The van der Waals surface area contributed by atoms with Crippen molar-refractivity contribution < 1.29 is 18.7 Å². The highest BCUT2D eigenvalue weighted by Gasteiger charge is 2.34. The largest absolute Gasteiger partial charge is 0.382 e. The Morgan fingerprint density at radius 3 is 2.96 bits per heavy atom. The average Bonchev–Trinajstić information content (AvgIpc) is 3.03. The van der Waals surface area contributed by atoms with Crippen LogP contribution in [0.2, 0.25) is 0 Å². The smallest absolute Gasteiger partial charge is 0.248 e. The van der Waals surface area contributed by atoms with E-state index >= 15 is 0 Å². The SMILES string of the molecule is CCOCCCC(=O)N1CSC[C@H]1C(=O)Nc1ccccc1F. The summed E-state index contributed by atoms with van der Waals surface area (Å²) in [5, 5.41) is 2.57. The second kappa shape index (κ2) is 8.88. The molecule has 1 N–H and O–H groups in total. The van der Waals surface area contributed by atoms with Crippen LogP contribution in [-0.2, 0) is 14.3 Å². The number of nitrogens with zero attached hydrogens (tertiary/aromatic N) is 1. The number of carbonyl (C=O) groups is 2. The molecule has 0 spiro atoms. The molecule has 23 heavy (non-hydrogen) atoms. The zero-order valence-electron chi connectivity index (χ0n) is 13.1. The molecule has 2 amide bonds. The van der Waals surface area contributed by atoms with E-state index in [1.165, 1.54) is 23.9 Å². The van der Waals surface area contributed by atoms with Crippen molar-refractivity contribution in [3.63, 3.8) is 0 Å². The Labute approximate surface area is 139 Å². The zero-order valence-corrected chi connectivity index (χ0v) is 13.9. The second-order valence-electron chi connectivity index (χ2n) is 5.15. The topological polar surface area (TPSA) is 58.6 Å². The Bertz CT molecular complexity index is 556. The molecule has 0 aromatic heterocycles. The number of hydrogen-bond acceptors (Lipinski definition) is 4. The van der Waals surface area contributed by atoms with Gasteiger partial charge < -0.3 is 15.0 Å². The van der Waals surface area contributed by atoms with E-state index in [0.717, 1.165) is 0 Å². The Morgan fingerprint density at radius 1 is 1.43 bits per heavy atom. The van der Waals surface area contributed by atoms with Crippen LogP contribution >= 0.6 is 11.8 Å². The number of halogens is 1. The van der Waals surface area contributed by atoms with Crippen molar-refractivity contribution >= 4 is 29.3 Å². The molecule has 1 aromatic carbocycles. The highest BCUT2D eigenvalue weighted by atomic mass is 32.2. The quantitative estimate of drug-likeness (QED) is 0.775. The van der Waals surface area contributed by atoms with Crippen LogP contribution in [0.3, 0.4) is 0 Å². The standard InChI is InChI=1S/C16H21FN2O3S/c1-2-22-9-5-8-15(20)19-11-23-10-14(19)16(21)18-13-7-4-3-6-12(13)17/h3-4,6-7,14H,2,5,8-11H2,1H3,(H,18,21)/t14-/m0/s1. The molecule has 0 bridgehead atoms. The van der Waals surface area contributed by atoms with Crippen LogP contribution in [0.15, 0.2) is 24.3 Å². The highest BCUT2D eigenvalue weighted by Crippen LogP contribution is 2.24. The van der Waals surface area contributed by atoms with Gasteiger partial charge in [0.1, 0.15) is 11.9 Å². The number of nitrogens with one attached hydrogen (secondary N) is 1. The Balaban J connectivity index is 1.91. The zero-order chi connectivity index (χ0) is 16.7. The normalized spacial score (nSPS) is 17.3. The molecule has 2 rings (SSSR count). The number of para-hydroxylation sites is 1. The molecule has 5 nitrogen and oxygen atoms in total. The molecule has 126 valence electrons. The van der Waals surface area contributed by atoms with Crippen LogP contribution in [0.25, 0.3) is 0 Å². The molecule has 1 fully saturated rings. The van der Waals surface area contributed by atoms with Crippen molar-refractivity contribution in [1.82, 2.24) is 4.90 Å². The van der Waals surface area contributed by atoms with Crippen molar-refractivity contribution in [3.05, 3.63) is 30.1 Å². The van der Waals surface area contributed by atoms with Gasteiger partial charge in [-0.1, -0.05) is 12.1 Å². The summed E-state index contributed by atoms with van der Waals surface area (Å²) in [5.74, 6) is 0.114. The molecule has 7 heteroatoms. The van der Waals surface area contributed by atoms with Crippen molar-refractivity contribution in [2.24, 2.45) is 0 Å². The van der Waals surface area contributed by atoms with Gasteiger partial charge in [-0.25, -0.2) is 4.39 Å². The van der Waals surface area contributed by atoms with Crippen LogP contribution < -0.4 is 5.32 Å². The summed E-state index contributed by atoms with van der Waals surface area (Å²) in [6.45, 7) is 3.07. The first-order valence-corrected chi connectivity index (χ1v) is 8.79. The van der Waals surface area contributed by atoms with Crippen LogP contribution in [0.1, 0.15) is 19.8 Å². The van der Waals surface area contributed by atoms with E-state index in [1.54, 1.807) is 17.0 Å². The van der Waals surface area contributed by atoms with Crippen LogP contribution in [-0.4, -0.2) is 47.6 Å². The van der Waals surface area contributed by atoms with Gasteiger partial charge in [-0.3, -0.25) is 9.59 Å². The maximum atomic E-state index is 13.6. The summed E-state index contributed by atoms with van der Waals surface area (Å²) >= 11 is 1.52. The monoisotopic (exact) mass is 340 g/mol. The summed E-state index contributed by atoms with van der Waals surface area (Å²) in [7, 11) is 0. The highest BCUT2D eigenvalue weighted by molar-refractivity contribution is 7.99. The fraction of sp³-hybridized carbons (Fsp3) is 0.500. The summed E-state index contributed by atoms with van der Waals surface area (Å²) in [6, 6.07) is 5.45. The van der Waals surface area contributed by atoms with Gasteiger partial charge in [0, 0.05) is 25.4 Å². The lowest BCUT2D eigenvalue weighted by molar-refractivity contribution is -0.136. The minimum atomic E-state index is -0.556. The van der Waals surface area contributed by atoms with Gasteiger partial charge in [-0.15, -0.1) is 11.8 Å². The number of hydrogen-bond donors (Lipinski definition) is 1. The first kappa shape index (κ1) is 17.7. The lowest BCUT2D eigenvalue weighted by Crippen LogP contribution is -2.44. The van der Waals surface area contributed by atoms with Crippen LogP contribution in [0, 0.1) is 5.82 Å². The summed E-state index contributed by atoms with van der Waals surface area (Å²) in [6.07, 6.45) is 0.986. The fourth-order valence-electron chi connectivity index (χ4n) is 2.30. The third-order valence-corrected chi connectivity index (χ3v) is 4.53. The molecule has 0 unspecified atom stereocenters. The number of benzene rings is 1. The average molecular weight is 340 g/mol. The molecule has 0 radical (unpaired) electrons. The van der Waals surface area contributed by atoms with E-state index < -0.39 is 11.9 Å². The minimum Gasteiger partial charge on any atom is -0.382 e. The predicted molar refractivity (Wildman–Crippen MR) is 88.7 cm³/mol. The molecule has 1 aliphatic rings. The number of anilines is 1. The molecular weight excluding hydrogens is 319 g/mol. The van der Waals surface area contributed by atoms with E-state index in [2.05, 4.69) is 5.32 Å². The molecule has 0 aliphatic carbocycles. The van der Waals surface area contributed by atoms with Crippen LogP contribution in [0.4, 0.5) is 10.1 Å². The summed E-state index contributed by atoms with van der Waals surface area (Å²) in [5.41, 5.74) is 0.137. The first-order chi connectivity index (χ1) is 11.1. The van der Waals surface area contributed by atoms with Gasteiger partial charge in [0.2, 0.25) is 11.8 Å².